The van der Waals surface area contributed by atoms with Crippen LogP contribution in [0.15, 0.2) is 42.5 Å². The standard InChI is InChI=1S/C32H43N3O2/c1-31(2,3)27-19-26(20-28(30(27)37)32(4,5)6)11-12-29(36)34-16-13-23-14-17-35(18-15-23)22-25-9-7-24(21-33)8-10-25/h7-12,19-20,23,37H,13-18,22H2,1-6H3,(H,34,36)/b12-11+. The first-order chi connectivity index (χ1) is 17.4. The van der Waals surface area contributed by atoms with E-state index in [0.717, 1.165) is 55.6 Å². The zero-order valence-electron chi connectivity index (χ0n) is 23.4. The number of rotatable bonds is 7. The number of phenols is 1. The number of nitriles is 1. The largest absolute Gasteiger partial charge is 0.507 e. The molecule has 3 rings (SSSR count). The van der Waals surface area contributed by atoms with Crippen molar-refractivity contribution in [2.24, 2.45) is 5.92 Å². The van der Waals surface area contributed by atoms with Crippen molar-refractivity contribution in [1.29, 1.82) is 5.26 Å². The highest BCUT2D eigenvalue weighted by molar-refractivity contribution is 5.91. The van der Waals surface area contributed by atoms with Gasteiger partial charge in [-0.05, 0) is 90.6 Å². The molecule has 2 aromatic carbocycles. The Balaban J connectivity index is 1.48. The Morgan fingerprint density at radius 1 is 1.05 bits per heavy atom. The molecule has 5 heteroatoms. The van der Waals surface area contributed by atoms with Crippen molar-refractivity contribution in [2.45, 2.75) is 78.2 Å². The van der Waals surface area contributed by atoms with Gasteiger partial charge in [0.25, 0.3) is 0 Å². The number of benzene rings is 2. The summed E-state index contributed by atoms with van der Waals surface area (Å²) in [7, 11) is 0. The predicted octanol–water partition coefficient (Wildman–Crippen LogP) is 6.29. The lowest BCUT2D eigenvalue weighted by molar-refractivity contribution is -0.116. The molecule has 0 aliphatic carbocycles. The summed E-state index contributed by atoms with van der Waals surface area (Å²) in [5, 5.41) is 22.9. The Labute approximate surface area is 223 Å². The van der Waals surface area contributed by atoms with E-state index in [1.165, 1.54) is 5.56 Å². The third kappa shape index (κ3) is 8.20. The molecule has 0 bridgehead atoms. The Morgan fingerprint density at radius 2 is 1.62 bits per heavy atom. The van der Waals surface area contributed by atoms with Gasteiger partial charge < -0.3 is 10.4 Å². The molecule has 1 aliphatic rings. The number of nitrogens with one attached hydrogen (secondary N) is 1. The first kappa shape index (κ1) is 28.5. The lowest BCUT2D eigenvalue weighted by Crippen LogP contribution is -2.34. The van der Waals surface area contributed by atoms with Gasteiger partial charge >= 0.3 is 0 Å². The number of phenolic OH excluding ortho intramolecular Hbond substituents is 1. The zero-order valence-corrected chi connectivity index (χ0v) is 23.4. The van der Waals surface area contributed by atoms with Gasteiger partial charge in [-0.15, -0.1) is 0 Å². The van der Waals surface area contributed by atoms with Crippen molar-refractivity contribution in [3.8, 4) is 11.8 Å². The van der Waals surface area contributed by atoms with Crippen LogP contribution >= 0.6 is 0 Å². The van der Waals surface area contributed by atoms with Crippen LogP contribution in [-0.2, 0) is 22.2 Å². The number of likely N-dealkylation sites (tertiary alicyclic amines) is 1. The van der Waals surface area contributed by atoms with Crippen LogP contribution in [0.25, 0.3) is 6.08 Å². The minimum atomic E-state index is -0.201. The third-order valence-electron chi connectivity index (χ3n) is 7.22. The van der Waals surface area contributed by atoms with Gasteiger partial charge in [0.1, 0.15) is 5.75 Å². The van der Waals surface area contributed by atoms with Gasteiger partial charge in [0.2, 0.25) is 5.91 Å². The average molecular weight is 502 g/mol. The van der Waals surface area contributed by atoms with Crippen LogP contribution in [0.5, 0.6) is 5.75 Å². The van der Waals surface area contributed by atoms with Gasteiger partial charge in [-0.3, -0.25) is 9.69 Å². The molecule has 0 atom stereocenters. The van der Waals surface area contributed by atoms with Crippen molar-refractivity contribution in [1.82, 2.24) is 10.2 Å². The maximum Gasteiger partial charge on any atom is 0.243 e. The summed E-state index contributed by atoms with van der Waals surface area (Å²) in [5.41, 5.74) is 4.26. The number of carbonyl (C=O) groups is 1. The smallest absolute Gasteiger partial charge is 0.243 e. The molecule has 2 N–H and O–H groups in total. The SMILES string of the molecule is CC(C)(C)c1cc(/C=C/C(=O)NCCC2CCN(Cc3ccc(C#N)cc3)CC2)cc(C(C)(C)C)c1O. The fourth-order valence-electron chi connectivity index (χ4n) is 4.90. The van der Waals surface area contributed by atoms with Gasteiger partial charge in [0.05, 0.1) is 11.6 Å². The van der Waals surface area contributed by atoms with Crippen LogP contribution in [0.3, 0.4) is 0 Å². The van der Waals surface area contributed by atoms with E-state index in [2.05, 4.69) is 57.8 Å². The molecule has 1 amide bonds. The monoisotopic (exact) mass is 501 g/mol. The van der Waals surface area contributed by atoms with Crippen LogP contribution in [0.2, 0.25) is 0 Å². The lowest BCUT2D eigenvalue weighted by Gasteiger charge is -2.32. The number of hydrogen-bond donors (Lipinski definition) is 2. The Hall–Kier alpha value is -3.10. The van der Waals surface area contributed by atoms with E-state index in [1.807, 2.05) is 42.5 Å². The first-order valence-electron chi connectivity index (χ1n) is 13.4. The number of nitrogens with zero attached hydrogens (tertiary/aromatic N) is 2. The van der Waals surface area contributed by atoms with E-state index >= 15 is 0 Å². The molecule has 5 nitrogen and oxygen atoms in total. The van der Waals surface area contributed by atoms with Crippen molar-refractivity contribution in [3.63, 3.8) is 0 Å². The van der Waals surface area contributed by atoms with Crippen LogP contribution in [0.1, 0.15) is 88.6 Å². The number of aromatic hydroxyl groups is 1. The summed E-state index contributed by atoms with van der Waals surface area (Å²) in [6.07, 6.45) is 6.72. The summed E-state index contributed by atoms with van der Waals surface area (Å²) < 4.78 is 0. The Morgan fingerprint density at radius 3 is 2.14 bits per heavy atom. The molecule has 0 spiro atoms. The Kier molecular flexibility index (Phi) is 9.21. The zero-order chi connectivity index (χ0) is 27.2. The van der Waals surface area contributed by atoms with Crippen LogP contribution in [-0.4, -0.2) is 35.5 Å². The topological polar surface area (TPSA) is 76.4 Å². The van der Waals surface area contributed by atoms with Crippen LogP contribution in [0.4, 0.5) is 0 Å². The summed E-state index contributed by atoms with van der Waals surface area (Å²) in [6.45, 7) is 16.3. The van der Waals surface area contributed by atoms with Crippen molar-refractivity contribution in [2.75, 3.05) is 19.6 Å². The first-order valence-corrected chi connectivity index (χ1v) is 13.4. The number of piperidine rings is 1. The lowest BCUT2D eigenvalue weighted by atomic mass is 9.78. The predicted molar refractivity (Wildman–Crippen MR) is 151 cm³/mol. The molecule has 0 saturated carbocycles. The second kappa shape index (κ2) is 12.0. The molecule has 0 radical (unpaired) electrons. The van der Waals surface area contributed by atoms with Crippen molar-refractivity contribution in [3.05, 3.63) is 70.3 Å². The van der Waals surface area contributed by atoms with Crippen molar-refractivity contribution < 1.29 is 9.90 Å². The van der Waals surface area contributed by atoms with E-state index in [4.69, 9.17) is 5.26 Å². The van der Waals surface area contributed by atoms with Gasteiger partial charge in [-0.25, -0.2) is 0 Å². The molecule has 0 unspecified atom stereocenters. The summed E-state index contributed by atoms with van der Waals surface area (Å²) in [4.78, 5) is 15.0. The molecular weight excluding hydrogens is 458 g/mol. The minimum absolute atomic E-state index is 0.0825. The number of hydrogen-bond acceptors (Lipinski definition) is 4. The van der Waals surface area contributed by atoms with Gasteiger partial charge in [0.15, 0.2) is 0 Å². The average Bonchev–Trinajstić information content (AvgIpc) is 2.83. The molecule has 37 heavy (non-hydrogen) atoms. The third-order valence-corrected chi connectivity index (χ3v) is 7.22. The second-order valence-electron chi connectivity index (χ2n) is 12.4. The molecule has 1 fully saturated rings. The van der Waals surface area contributed by atoms with E-state index in [1.54, 1.807) is 6.08 Å². The van der Waals surface area contributed by atoms with E-state index in [-0.39, 0.29) is 16.7 Å². The summed E-state index contributed by atoms with van der Waals surface area (Å²) in [6, 6.07) is 14.0. The number of carbonyl (C=O) groups excluding carboxylic acids is 1. The van der Waals surface area contributed by atoms with Gasteiger partial charge in [-0.2, -0.15) is 5.26 Å². The molecule has 1 heterocycles. The molecule has 1 aliphatic heterocycles. The fourth-order valence-corrected chi connectivity index (χ4v) is 4.90. The van der Waals surface area contributed by atoms with E-state index in [0.29, 0.717) is 23.8 Å². The maximum absolute atomic E-state index is 12.5. The van der Waals surface area contributed by atoms with Gasteiger partial charge in [-0.1, -0.05) is 53.7 Å². The Bertz CT molecular complexity index is 1100. The number of amides is 1. The van der Waals surface area contributed by atoms with Gasteiger partial charge in [0, 0.05) is 30.3 Å². The fraction of sp³-hybridized carbons (Fsp3) is 0.500. The molecule has 1 saturated heterocycles. The molecule has 0 aromatic heterocycles. The van der Waals surface area contributed by atoms with E-state index < -0.39 is 0 Å². The summed E-state index contributed by atoms with van der Waals surface area (Å²) >= 11 is 0. The normalized spacial score (nSPS) is 15.6. The molecule has 2 aromatic rings. The molecule has 198 valence electrons. The van der Waals surface area contributed by atoms with Crippen LogP contribution < -0.4 is 5.32 Å². The quantitative estimate of drug-likeness (QED) is 0.437. The van der Waals surface area contributed by atoms with Crippen LogP contribution in [0, 0.1) is 17.2 Å². The van der Waals surface area contributed by atoms with E-state index in [9.17, 15) is 9.90 Å². The highest BCUT2D eigenvalue weighted by Gasteiger charge is 2.26. The highest BCUT2D eigenvalue weighted by Crippen LogP contribution is 2.40. The summed E-state index contributed by atoms with van der Waals surface area (Å²) in [5.74, 6) is 0.896. The maximum atomic E-state index is 12.5. The van der Waals surface area contributed by atoms with Crippen molar-refractivity contribution >= 4 is 12.0 Å². The molecular formula is C32H43N3O2. The minimum Gasteiger partial charge on any atom is -0.507 e. The second-order valence-corrected chi connectivity index (χ2v) is 12.4. The highest BCUT2D eigenvalue weighted by atomic mass is 16.3.